The molecule has 4 rings (SSSR count). The zero-order chi connectivity index (χ0) is 17.2. The van der Waals surface area contributed by atoms with Gasteiger partial charge in [-0.1, -0.05) is 30.3 Å². The molecule has 0 N–H and O–H groups in total. The van der Waals surface area contributed by atoms with Gasteiger partial charge in [-0.25, -0.2) is 9.97 Å². The molecule has 122 valence electrons. The fourth-order valence-corrected chi connectivity index (χ4v) is 2.49. The minimum Gasteiger partial charge on any atom is -0.434 e. The fourth-order valence-electron chi connectivity index (χ4n) is 2.49. The van der Waals surface area contributed by atoms with Crippen LogP contribution in [0.5, 0.6) is 11.6 Å². The van der Waals surface area contributed by atoms with Crippen molar-refractivity contribution in [2.45, 2.75) is 0 Å². The number of aromatic nitrogens is 4. The molecule has 0 saturated carbocycles. The first-order chi connectivity index (χ1) is 12.2. The number of hydrogen-bond donors (Lipinski definition) is 0. The number of ether oxygens (including phenoxy) is 1. The van der Waals surface area contributed by atoms with Gasteiger partial charge < -0.3 is 4.74 Å². The minimum atomic E-state index is -0.553. The highest BCUT2D eigenvalue weighted by Gasteiger charge is 2.27. The summed E-state index contributed by atoms with van der Waals surface area (Å²) in [5.41, 5.74) is 1.09. The maximum Gasteiger partial charge on any atom is 0.374 e. The Morgan fingerprint density at radius 1 is 0.960 bits per heavy atom. The summed E-state index contributed by atoms with van der Waals surface area (Å²) in [4.78, 5) is 23.4. The molecule has 0 spiro atoms. The van der Waals surface area contributed by atoms with Crippen molar-refractivity contribution in [3.8, 4) is 17.4 Å². The number of imidazole rings is 1. The second-order valence-electron chi connectivity index (χ2n) is 5.13. The molecule has 0 saturated heterocycles. The minimum absolute atomic E-state index is 0.0969. The molecule has 0 aliphatic rings. The molecular weight excluding hydrogens is 322 g/mol. The number of nitro groups is 1. The van der Waals surface area contributed by atoms with E-state index in [1.165, 1.54) is 12.7 Å². The smallest absolute Gasteiger partial charge is 0.374 e. The number of para-hydroxylation sites is 3. The van der Waals surface area contributed by atoms with E-state index in [0.29, 0.717) is 16.8 Å². The zero-order valence-electron chi connectivity index (χ0n) is 12.8. The first kappa shape index (κ1) is 14.8. The van der Waals surface area contributed by atoms with Crippen LogP contribution < -0.4 is 4.74 Å². The molecule has 0 amide bonds. The molecule has 2 aromatic carbocycles. The van der Waals surface area contributed by atoms with Gasteiger partial charge in [0.25, 0.3) is 0 Å². The molecule has 0 atom stereocenters. The van der Waals surface area contributed by atoms with Crippen molar-refractivity contribution in [2.75, 3.05) is 0 Å². The molecule has 8 nitrogen and oxygen atoms in total. The summed E-state index contributed by atoms with van der Waals surface area (Å²) in [5.74, 6) is 0.421. The van der Waals surface area contributed by atoms with E-state index in [4.69, 9.17) is 4.74 Å². The van der Waals surface area contributed by atoms with Crippen LogP contribution >= 0.6 is 0 Å². The van der Waals surface area contributed by atoms with Gasteiger partial charge in [-0.2, -0.15) is 4.98 Å². The number of hydrogen-bond acceptors (Lipinski definition) is 6. The summed E-state index contributed by atoms with van der Waals surface area (Å²) >= 11 is 0. The van der Waals surface area contributed by atoms with Gasteiger partial charge in [0.1, 0.15) is 18.4 Å². The average molecular weight is 333 g/mol. The normalized spacial score (nSPS) is 10.7. The predicted octanol–water partition coefficient (Wildman–Crippen LogP) is 3.52. The average Bonchev–Trinajstić information content (AvgIpc) is 3.06. The molecule has 2 aromatic heterocycles. The summed E-state index contributed by atoms with van der Waals surface area (Å²) in [6, 6.07) is 16.1. The molecule has 0 aliphatic heterocycles. The van der Waals surface area contributed by atoms with Gasteiger partial charge in [-0.15, -0.1) is 0 Å². The molecule has 8 heteroatoms. The molecule has 25 heavy (non-hydrogen) atoms. The van der Waals surface area contributed by atoms with Gasteiger partial charge >= 0.3 is 11.6 Å². The Morgan fingerprint density at radius 3 is 2.52 bits per heavy atom. The Kier molecular flexibility index (Phi) is 3.55. The van der Waals surface area contributed by atoms with Crippen LogP contribution in [0.1, 0.15) is 0 Å². The van der Waals surface area contributed by atoms with Crippen LogP contribution in [0.4, 0.5) is 5.69 Å². The van der Waals surface area contributed by atoms with Crippen molar-refractivity contribution in [3.63, 3.8) is 0 Å². The highest BCUT2D eigenvalue weighted by atomic mass is 16.6. The van der Waals surface area contributed by atoms with Gasteiger partial charge in [0.05, 0.1) is 16.0 Å². The third kappa shape index (κ3) is 2.65. The molecule has 2 heterocycles. The number of fused-ring (bicyclic) bond motifs is 1. The van der Waals surface area contributed by atoms with Gasteiger partial charge in [0.2, 0.25) is 5.82 Å². The van der Waals surface area contributed by atoms with Crippen molar-refractivity contribution < 1.29 is 9.66 Å². The SMILES string of the molecule is O=[N+]([O-])c1c(Oc2ccccc2)ncnc1-n1cnc2ccccc21. The quantitative estimate of drug-likeness (QED) is 0.419. The lowest BCUT2D eigenvalue weighted by Gasteiger charge is -2.08. The Bertz CT molecular complexity index is 1060. The van der Waals surface area contributed by atoms with Crippen LogP contribution in [-0.4, -0.2) is 24.4 Å². The largest absolute Gasteiger partial charge is 0.434 e. The van der Waals surface area contributed by atoms with Crippen LogP contribution in [-0.2, 0) is 0 Å². The topological polar surface area (TPSA) is 96.0 Å². The van der Waals surface area contributed by atoms with E-state index in [1.54, 1.807) is 28.8 Å². The van der Waals surface area contributed by atoms with Crippen LogP contribution in [0.25, 0.3) is 16.9 Å². The van der Waals surface area contributed by atoms with Gasteiger partial charge in [0, 0.05) is 0 Å². The van der Waals surface area contributed by atoms with Crippen molar-refractivity contribution in [1.82, 2.24) is 19.5 Å². The third-order valence-electron chi connectivity index (χ3n) is 3.59. The summed E-state index contributed by atoms with van der Waals surface area (Å²) in [6.45, 7) is 0. The second-order valence-corrected chi connectivity index (χ2v) is 5.13. The van der Waals surface area contributed by atoms with E-state index in [2.05, 4.69) is 15.0 Å². The highest BCUT2D eigenvalue weighted by molar-refractivity contribution is 5.78. The third-order valence-corrected chi connectivity index (χ3v) is 3.59. The van der Waals surface area contributed by atoms with E-state index in [0.717, 1.165) is 0 Å². The first-order valence-corrected chi connectivity index (χ1v) is 7.39. The van der Waals surface area contributed by atoms with Crippen molar-refractivity contribution >= 4 is 16.7 Å². The van der Waals surface area contributed by atoms with Crippen LogP contribution in [0, 0.1) is 10.1 Å². The summed E-state index contributed by atoms with van der Waals surface area (Å²) < 4.78 is 7.14. The van der Waals surface area contributed by atoms with E-state index in [1.807, 2.05) is 30.3 Å². The van der Waals surface area contributed by atoms with Crippen LogP contribution in [0.2, 0.25) is 0 Å². The van der Waals surface area contributed by atoms with Gasteiger partial charge in [0.15, 0.2) is 0 Å². The number of benzene rings is 2. The first-order valence-electron chi connectivity index (χ1n) is 7.39. The molecule has 4 aromatic rings. The van der Waals surface area contributed by atoms with Crippen LogP contribution in [0.3, 0.4) is 0 Å². The molecular formula is C17H11N5O3. The Labute approximate surface area is 141 Å². The zero-order valence-corrected chi connectivity index (χ0v) is 12.8. The second kappa shape index (κ2) is 6.00. The lowest BCUT2D eigenvalue weighted by atomic mass is 10.3. The molecule has 0 radical (unpaired) electrons. The predicted molar refractivity (Wildman–Crippen MR) is 89.8 cm³/mol. The summed E-state index contributed by atoms with van der Waals surface area (Å²) in [7, 11) is 0. The van der Waals surface area contributed by atoms with E-state index < -0.39 is 4.92 Å². The van der Waals surface area contributed by atoms with Gasteiger partial charge in [-0.3, -0.25) is 14.7 Å². The van der Waals surface area contributed by atoms with Gasteiger partial charge in [-0.05, 0) is 24.3 Å². The lowest BCUT2D eigenvalue weighted by molar-refractivity contribution is -0.386. The number of nitrogens with zero attached hydrogens (tertiary/aromatic N) is 5. The standard InChI is InChI=1S/C17H11N5O3/c23-22(24)15-16(21-11-20-13-8-4-5-9-14(13)21)18-10-19-17(15)25-12-6-2-1-3-7-12/h1-11H. The van der Waals surface area contributed by atoms with E-state index >= 15 is 0 Å². The Balaban J connectivity index is 1.89. The number of rotatable bonds is 4. The van der Waals surface area contributed by atoms with Crippen molar-refractivity contribution in [1.29, 1.82) is 0 Å². The Hall–Kier alpha value is -3.81. The molecule has 0 aliphatic carbocycles. The molecule has 0 unspecified atom stereocenters. The lowest BCUT2D eigenvalue weighted by Crippen LogP contribution is -2.05. The monoisotopic (exact) mass is 333 g/mol. The molecule has 0 fully saturated rings. The van der Waals surface area contributed by atoms with Crippen molar-refractivity contribution in [3.05, 3.63) is 77.4 Å². The summed E-state index contributed by atoms with van der Waals surface area (Å²) in [6.07, 6.45) is 2.72. The Morgan fingerprint density at radius 2 is 1.72 bits per heavy atom. The maximum absolute atomic E-state index is 11.7. The highest BCUT2D eigenvalue weighted by Crippen LogP contribution is 2.34. The molecule has 0 bridgehead atoms. The maximum atomic E-state index is 11.7. The van der Waals surface area contributed by atoms with Crippen molar-refractivity contribution in [2.24, 2.45) is 0 Å². The fraction of sp³-hybridized carbons (Fsp3) is 0. The van der Waals surface area contributed by atoms with Crippen LogP contribution in [0.15, 0.2) is 67.3 Å². The van der Waals surface area contributed by atoms with E-state index in [9.17, 15) is 10.1 Å². The van der Waals surface area contributed by atoms with E-state index in [-0.39, 0.29) is 17.4 Å². The summed E-state index contributed by atoms with van der Waals surface area (Å²) in [5, 5.41) is 11.7.